The van der Waals surface area contributed by atoms with Crippen LogP contribution in [0.3, 0.4) is 0 Å². The first-order valence-corrected chi connectivity index (χ1v) is 6.25. The van der Waals surface area contributed by atoms with E-state index in [1.54, 1.807) is 19.1 Å². The summed E-state index contributed by atoms with van der Waals surface area (Å²) in [5, 5.41) is 12.5. The number of carbonyl (C=O) groups excluding carboxylic acids is 1. The van der Waals surface area contributed by atoms with Gasteiger partial charge in [0, 0.05) is 17.8 Å². The summed E-state index contributed by atoms with van der Waals surface area (Å²) in [5.41, 5.74) is 6.98. The van der Waals surface area contributed by atoms with Crippen molar-refractivity contribution in [2.75, 3.05) is 11.9 Å². The molecule has 4 heteroatoms. The molecule has 1 aromatic rings. The normalized spacial score (nSPS) is 14.3. The first kappa shape index (κ1) is 14.7. The lowest BCUT2D eigenvalue weighted by molar-refractivity contribution is -0.120. The number of benzene rings is 1. The maximum atomic E-state index is 12.1. The molecule has 1 aromatic carbocycles. The molecule has 0 fully saturated rings. The van der Waals surface area contributed by atoms with Crippen molar-refractivity contribution in [2.24, 2.45) is 17.6 Å². The SMILES string of the molecule is CC(O)c1ccccc1NC(=O)C(CN)C(C)C. The molecular formula is C14H22N2O2. The highest BCUT2D eigenvalue weighted by atomic mass is 16.3. The van der Waals surface area contributed by atoms with E-state index in [0.717, 1.165) is 0 Å². The van der Waals surface area contributed by atoms with Crippen LogP contribution in [0.15, 0.2) is 24.3 Å². The molecule has 0 aliphatic rings. The Kier molecular flexibility index (Phi) is 5.31. The van der Waals surface area contributed by atoms with Crippen LogP contribution in [-0.2, 0) is 4.79 Å². The Hall–Kier alpha value is -1.39. The molecule has 2 unspecified atom stereocenters. The van der Waals surface area contributed by atoms with Crippen LogP contribution in [0.2, 0.25) is 0 Å². The quantitative estimate of drug-likeness (QED) is 0.747. The molecule has 0 aliphatic heterocycles. The van der Waals surface area contributed by atoms with E-state index < -0.39 is 6.10 Å². The topological polar surface area (TPSA) is 75.3 Å². The lowest BCUT2D eigenvalue weighted by Crippen LogP contribution is -2.33. The number of hydrogen-bond acceptors (Lipinski definition) is 3. The Bertz CT molecular complexity index is 403. The predicted molar refractivity (Wildman–Crippen MR) is 73.1 cm³/mol. The van der Waals surface area contributed by atoms with E-state index in [9.17, 15) is 9.90 Å². The second-order valence-electron chi connectivity index (χ2n) is 4.84. The zero-order valence-corrected chi connectivity index (χ0v) is 11.2. The second-order valence-corrected chi connectivity index (χ2v) is 4.84. The summed E-state index contributed by atoms with van der Waals surface area (Å²) < 4.78 is 0. The molecule has 0 saturated heterocycles. The highest BCUT2D eigenvalue weighted by Gasteiger charge is 2.21. The smallest absolute Gasteiger partial charge is 0.229 e. The average Bonchev–Trinajstić information content (AvgIpc) is 2.29. The van der Waals surface area contributed by atoms with Gasteiger partial charge in [0.25, 0.3) is 0 Å². The van der Waals surface area contributed by atoms with Gasteiger partial charge in [0.2, 0.25) is 5.91 Å². The van der Waals surface area contributed by atoms with E-state index in [1.807, 2.05) is 26.0 Å². The van der Waals surface area contributed by atoms with Crippen molar-refractivity contribution < 1.29 is 9.90 Å². The number of anilines is 1. The van der Waals surface area contributed by atoms with E-state index in [0.29, 0.717) is 17.8 Å². The van der Waals surface area contributed by atoms with Gasteiger partial charge >= 0.3 is 0 Å². The highest BCUT2D eigenvalue weighted by molar-refractivity contribution is 5.93. The molecule has 0 aliphatic carbocycles. The molecule has 0 aromatic heterocycles. The first-order valence-electron chi connectivity index (χ1n) is 6.25. The van der Waals surface area contributed by atoms with E-state index >= 15 is 0 Å². The summed E-state index contributed by atoms with van der Waals surface area (Å²) in [4.78, 5) is 12.1. The van der Waals surface area contributed by atoms with Crippen LogP contribution >= 0.6 is 0 Å². The molecule has 4 N–H and O–H groups in total. The van der Waals surface area contributed by atoms with Gasteiger partial charge in [-0.25, -0.2) is 0 Å². The average molecular weight is 250 g/mol. The summed E-state index contributed by atoms with van der Waals surface area (Å²) in [6, 6.07) is 7.25. The van der Waals surface area contributed by atoms with E-state index in [1.165, 1.54) is 0 Å². The molecular weight excluding hydrogens is 228 g/mol. The minimum atomic E-state index is -0.614. The number of carbonyl (C=O) groups is 1. The molecule has 1 rings (SSSR count). The number of rotatable bonds is 5. The lowest BCUT2D eigenvalue weighted by atomic mass is 9.95. The van der Waals surface area contributed by atoms with Crippen molar-refractivity contribution in [3.63, 3.8) is 0 Å². The fourth-order valence-corrected chi connectivity index (χ4v) is 1.88. The van der Waals surface area contributed by atoms with Crippen LogP contribution in [0, 0.1) is 11.8 Å². The van der Waals surface area contributed by atoms with Crippen LogP contribution in [0.1, 0.15) is 32.4 Å². The third kappa shape index (κ3) is 3.55. The third-order valence-electron chi connectivity index (χ3n) is 3.06. The van der Waals surface area contributed by atoms with Gasteiger partial charge in [-0.05, 0) is 18.9 Å². The van der Waals surface area contributed by atoms with E-state index in [2.05, 4.69) is 5.32 Å². The number of nitrogens with one attached hydrogen (secondary N) is 1. The van der Waals surface area contributed by atoms with Gasteiger partial charge in [-0.2, -0.15) is 0 Å². The summed E-state index contributed by atoms with van der Waals surface area (Å²) >= 11 is 0. The molecule has 1 amide bonds. The molecule has 0 spiro atoms. The first-order chi connectivity index (χ1) is 8.47. The molecule has 0 heterocycles. The summed E-state index contributed by atoms with van der Waals surface area (Å²) in [6.07, 6.45) is -0.614. The number of para-hydroxylation sites is 1. The van der Waals surface area contributed by atoms with Gasteiger partial charge in [-0.3, -0.25) is 4.79 Å². The zero-order valence-electron chi connectivity index (χ0n) is 11.2. The fourth-order valence-electron chi connectivity index (χ4n) is 1.88. The predicted octanol–water partition coefficient (Wildman–Crippen LogP) is 1.91. The number of amides is 1. The van der Waals surface area contributed by atoms with Gasteiger partial charge in [-0.1, -0.05) is 32.0 Å². The Morgan fingerprint density at radius 3 is 2.44 bits per heavy atom. The lowest BCUT2D eigenvalue weighted by Gasteiger charge is -2.20. The zero-order chi connectivity index (χ0) is 13.7. The highest BCUT2D eigenvalue weighted by Crippen LogP contribution is 2.23. The monoisotopic (exact) mass is 250 g/mol. The summed E-state index contributed by atoms with van der Waals surface area (Å²) in [6.45, 7) is 5.93. The van der Waals surface area contributed by atoms with Crippen LogP contribution in [0.25, 0.3) is 0 Å². The van der Waals surface area contributed by atoms with Crippen molar-refractivity contribution >= 4 is 11.6 Å². The second kappa shape index (κ2) is 6.52. The van der Waals surface area contributed by atoms with Crippen molar-refractivity contribution in [1.29, 1.82) is 0 Å². The number of aliphatic hydroxyl groups excluding tert-OH is 1. The third-order valence-corrected chi connectivity index (χ3v) is 3.06. The summed E-state index contributed by atoms with van der Waals surface area (Å²) in [5.74, 6) is -0.124. The number of nitrogens with two attached hydrogens (primary N) is 1. The van der Waals surface area contributed by atoms with Crippen LogP contribution in [0.4, 0.5) is 5.69 Å². The van der Waals surface area contributed by atoms with Gasteiger partial charge < -0.3 is 16.2 Å². The van der Waals surface area contributed by atoms with Gasteiger partial charge in [0.05, 0.1) is 12.0 Å². The molecule has 4 nitrogen and oxygen atoms in total. The Morgan fingerprint density at radius 2 is 1.94 bits per heavy atom. The van der Waals surface area contributed by atoms with E-state index in [-0.39, 0.29) is 17.7 Å². The minimum absolute atomic E-state index is 0.0967. The maximum Gasteiger partial charge on any atom is 0.229 e. The van der Waals surface area contributed by atoms with Gasteiger partial charge in [0.1, 0.15) is 0 Å². The van der Waals surface area contributed by atoms with Gasteiger partial charge in [0.15, 0.2) is 0 Å². The molecule has 0 saturated carbocycles. The Balaban J connectivity index is 2.87. The number of hydrogen-bond donors (Lipinski definition) is 3. The Labute approximate surface area is 108 Å². The molecule has 0 radical (unpaired) electrons. The largest absolute Gasteiger partial charge is 0.389 e. The Morgan fingerprint density at radius 1 is 1.33 bits per heavy atom. The van der Waals surface area contributed by atoms with Crippen molar-refractivity contribution in [2.45, 2.75) is 26.9 Å². The molecule has 100 valence electrons. The molecule has 0 bridgehead atoms. The van der Waals surface area contributed by atoms with Crippen LogP contribution < -0.4 is 11.1 Å². The van der Waals surface area contributed by atoms with Crippen molar-refractivity contribution in [1.82, 2.24) is 0 Å². The van der Waals surface area contributed by atoms with E-state index in [4.69, 9.17) is 5.73 Å². The minimum Gasteiger partial charge on any atom is -0.389 e. The van der Waals surface area contributed by atoms with Crippen LogP contribution in [-0.4, -0.2) is 17.6 Å². The standard InChI is InChI=1S/C14H22N2O2/c1-9(2)12(8-15)14(18)16-13-7-5-4-6-11(13)10(3)17/h4-7,9-10,12,17H,8,15H2,1-3H3,(H,16,18). The van der Waals surface area contributed by atoms with Gasteiger partial charge in [-0.15, -0.1) is 0 Å². The molecule has 18 heavy (non-hydrogen) atoms. The summed E-state index contributed by atoms with van der Waals surface area (Å²) in [7, 11) is 0. The fraction of sp³-hybridized carbons (Fsp3) is 0.500. The number of aliphatic hydroxyl groups is 1. The molecule has 2 atom stereocenters. The van der Waals surface area contributed by atoms with Crippen molar-refractivity contribution in [3.8, 4) is 0 Å². The van der Waals surface area contributed by atoms with Crippen molar-refractivity contribution in [3.05, 3.63) is 29.8 Å². The maximum absolute atomic E-state index is 12.1. The van der Waals surface area contributed by atoms with Crippen LogP contribution in [0.5, 0.6) is 0 Å².